The number of thiazole rings is 1. The SMILES string of the molecule is COc1cccc(-c2csc3nc(N4CCC5(CCCC5)CC4)cn23)c1.Cl. The van der Waals surface area contributed by atoms with Crippen LogP contribution in [-0.4, -0.2) is 29.6 Å². The summed E-state index contributed by atoms with van der Waals surface area (Å²) in [5.41, 5.74) is 3.01. The Balaban J connectivity index is 0.00000180. The quantitative estimate of drug-likeness (QED) is 0.565. The van der Waals surface area contributed by atoms with Crippen molar-refractivity contribution >= 4 is 34.5 Å². The van der Waals surface area contributed by atoms with Crippen molar-refractivity contribution in [2.45, 2.75) is 38.5 Å². The van der Waals surface area contributed by atoms with Crippen molar-refractivity contribution in [1.29, 1.82) is 0 Å². The Labute approximate surface area is 170 Å². The van der Waals surface area contributed by atoms with Gasteiger partial charge in [-0.05, 0) is 43.2 Å². The number of piperidine rings is 1. The average Bonchev–Trinajstić information content (AvgIpc) is 3.39. The molecule has 1 aromatic carbocycles. The smallest absolute Gasteiger partial charge is 0.196 e. The molecule has 2 aliphatic rings. The number of halogens is 1. The number of hydrogen-bond acceptors (Lipinski definition) is 4. The van der Waals surface area contributed by atoms with Crippen LogP contribution < -0.4 is 9.64 Å². The molecule has 1 aliphatic heterocycles. The molecule has 1 spiro atoms. The number of anilines is 1. The van der Waals surface area contributed by atoms with Gasteiger partial charge >= 0.3 is 0 Å². The topological polar surface area (TPSA) is 29.8 Å². The molecule has 6 heteroatoms. The molecular formula is C21H26ClN3OS. The van der Waals surface area contributed by atoms with Crippen LogP contribution in [0.4, 0.5) is 5.82 Å². The van der Waals surface area contributed by atoms with Crippen LogP contribution in [0.15, 0.2) is 35.8 Å². The van der Waals surface area contributed by atoms with Crippen LogP contribution in [0.5, 0.6) is 5.75 Å². The number of benzene rings is 1. The highest BCUT2D eigenvalue weighted by molar-refractivity contribution is 7.15. The monoisotopic (exact) mass is 403 g/mol. The van der Waals surface area contributed by atoms with Gasteiger partial charge in [0.2, 0.25) is 0 Å². The first kappa shape index (κ1) is 18.6. The lowest BCUT2D eigenvalue weighted by Gasteiger charge is -2.39. The van der Waals surface area contributed by atoms with E-state index in [9.17, 15) is 0 Å². The summed E-state index contributed by atoms with van der Waals surface area (Å²) in [6.45, 7) is 2.30. The maximum atomic E-state index is 5.38. The zero-order chi connectivity index (χ0) is 17.6. The van der Waals surface area contributed by atoms with Gasteiger partial charge in [0.05, 0.1) is 19.0 Å². The van der Waals surface area contributed by atoms with Gasteiger partial charge in [-0.3, -0.25) is 4.40 Å². The molecule has 0 atom stereocenters. The lowest BCUT2D eigenvalue weighted by Crippen LogP contribution is -2.39. The standard InChI is InChI=1S/C21H25N3OS.ClH/c1-25-17-6-4-5-16(13-17)18-15-26-20-22-19(14-24(18)20)23-11-9-21(10-12-23)7-2-3-8-21;/h4-6,13-15H,2-3,7-12H2,1H3;1H. The Morgan fingerprint density at radius 1 is 1.11 bits per heavy atom. The highest BCUT2D eigenvalue weighted by atomic mass is 35.5. The highest BCUT2D eigenvalue weighted by Crippen LogP contribution is 2.46. The summed E-state index contributed by atoms with van der Waals surface area (Å²) in [4.78, 5) is 8.47. The molecule has 0 bridgehead atoms. The lowest BCUT2D eigenvalue weighted by atomic mass is 9.77. The van der Waals surface area contributed by atoms with Crippen molar-refractivity contribution in [3.05, 3.63) is 35.8 Å². The van der Waals surface area contributed by atoms with Gasteiger partial charge in [0, 0.05) is 24.0 Å². The number of methoxy groups -OCH3 is 1. The van der Waals surface area contributed by atoms with E-state index in [0.717, 1.165) is 29.6 Å². The summed E-state index contributed by atoms with van der Waals surface area (Å²) < 4.78 is 7.61. The van der Waals surface area contributed by atoms with Crippen LogP contribution in [-0.2, 0) is 0 Å². The third-order valence-electron chi connectivity index (χ3n) is 6.37. The molecule has 3 aromatic rings. The molecule has 0 amide bonds. The van der Waals surface area contributed by atoms with Crippen LogP contribution in [0.1, 0.15) is 38.5 Å². The Morgan fingerprint density at radius 2 is 1.89 bits per heavy atom. The Bertz CT molecular complexity index is 919. The Kier molecular flexibility index (Phi) is 5.08. The number of aromatic nitrogens is 2. The molecule has 1 aliphatic carbocycles. The minimum atomic E-state index is 0. The molecule has 1 saturated heterocycles. The summed E-state index contributed by atoms with van der Waals surface area (Å²) in [6.07, 6.45) is 10.6. The summed E-state index contributed by atoms with van der Waals surface area (Å²) in [6, 6.07) is 8.25. The van der Waals surface area contributed by atoms with Crippen molar-refractivity contribution in [3.8, 4) is 17.0 Å². The van der Waals surface area contributed by atoms with Gasteiger partial charge in [-0.25, -0.2) is 4.98 Å². The van der Waals surface area contributed by atoms with Gasteiger partial charge in [0.1, 0.15) is 11.6 Å². The molecule has 1 saturated carbocycles. The molecular weight excluding hydrogens is 378 g/mol. The molecule has 3 heterocycles. The molecule has 4 nitrogen and oxygen atoms in total. The van der Waals surface area contributed by atoms with Gasteiger partial charge in [0.25, 0.3) is 0 Å². The zero-order valence-electron chi connectivity index (χ0n) is 15.7. The molecule has 5 rings (SSSR count). The number of nitrogens with zero attached hydrogens (tertiary/aromatic N) is 3. The van der Waals surface area contributed by atoms with E-state index in [0.29, 0.717) is 5.41 Å². The number of imidazole rings is 1. The number of rotatable bonds is 3. The van der Waals surface area contributed by atoms with E-state index in [4.69, 9.17) is 9.72 Å². The largest absolute Gasteiger partial charge is 0.497 e. The number of ether oxygens (including phenoxy) is 1. The number of hydrogen-bond donors (Lipinski definition) is 0. The average molecular weight is 404 g/mol. The maximum absolute atomic E-state index is 5.38. The molecule has 0 N–H and O–H groups in total. The summed E-state index contributed by atoms with van der Waals surface area (Å²) in [7, 11) is 1.71. The first-order chi connectivity index (χ1) is 12.8. The van der Waals surface area contributed by atoms with Crippen LogP contribution >= 0.6 is 23.7 Å². The van der Waals surface area contributed by atoms with E-state index in [-0.39, 0.29) is 12.4 Å². The first-order valence-corrected chi connectivity index (χ1v) is 10.5. The third kappa shape index (κ3) is 3.32. The van der Waals surface area contributed by atoms with Crippen molar-refractivity contribution in [2.24, 2.45) is 5.41 Å². The van der Waals surface area contributed by atoms with Crippen LogP contribution in [0, 0.1) is 5.41 Å². The predicted molar refractivity (Wildman–Crippen MR) is 115 cm³/mol. The fraction of sp³-hybridized carbons (Fsp3) is 0.476. The van der Waals surface area contributed by atoms with E-state index in [1.54, 1.807) is 18.4 Å². The molecule has 144 valence electrons. The van der Waals surface area contributed by atoms with Gasteiger partial charge in [-0.15, -0.1) is 23.7 Å². The maximum Gasteiger partial charge on any atom is 0.196 e. The summed E-state index contributed by atoms with van der Waals surface area (Å²) in [5, 5.41) is 2.19. The fourth-order valence-electron chi connectivity index (χ4n) is 4.75. The molecule has 0 radical (unpaired) electrons. The van der Waals surface area contributed by atoms with Crippen molar-refractivity contribution in [3.63, 3.8) is 0 Å². The van der Waals surface area contributed by atoms with E-state index < -0.39 is 0 Å². The Morgan fingerprint density at radius 3 is 2.63 bits per heavy atom. The molecule has 2 aromatic heterocycles. The molecule has 0 unspecified atom stereocenters. The van der Waals surface area contributed by atoms with Gasteiger partial charge in [-0.2, -0.15) is 0 Å². The minimum absolute atomic E-state index is 0. The van der Waals surface area contributed by atoms with Crippen LogP contribution in [0.2, 0.25) is 0 Å². The van der Waals surface area contributed by atoms with Gasteiger partial charge in [-0.1, -0.05) is 25.0 Å². The van der Waals surface area contributed by atoms with E-state index in [1.165, 1.54) is 49.8 Å². The van der Waals surface area contributed by atoms with Gasteiger partial charge < -0.3 is 9.64 Å². The zero-order valence-corrected chi connectivity index (χ0v) is 17.3. The third-order valence-corrected chi connectivity index (χ3v) is 7.21. The second-order valence-corrected chi connectivity index (χ2v) is 8.64. The molecule has 27 heavy (non-hydrogen) atoms. The van der Waals surface area contributed by atoms with E-state index in [1.807, 2.05) is 12.1 Å². The van der Waals surface area contributed by atoms with Crippen LogP contribution in [0.25, 0.3) is 16.2 Å². The second kappa shape index (κ2) is 7.36. The molecule has 2 fully saturated rings. The number of fused-ring (bicyclic) bond motifs is 1. The van der Waals surface area contributed by atoms with Crippen LogP contribution in [0.3, 0.4) is 0 Å². The van der Waals surface area contributed by atoms with Crippen molar-refractivity contribution in [1.82, 2.24) is 9.38 Å². The minimum Gasteiger partial charge on any atom is -0.497 e. The predicted octanol–water partition coefficient (Wildman–Crippen LogP) is 5.65. The van der Waals surface area contributed by atoms with Crippen molar-refractivity contribution in [2.75, 3.05) is 25.1 Å². The summed E-state index contributed by atoms with van der Waals surface area (Å²) in [5.74, 6) is 2.02. The fourth-order valence-corrected chi connectivity index (χ4v) is 5.63. The van der Waals surface area contributed by atoms with Crippen molar-refractivity contribution < 1.29 is 4.74 Å². The first-order valence-electron chi connectivity index (χ1n) is 9.62. The lowest BCUT2D eigenvalue weighted by molar-refractivity contribution is 0.226. The van der Waals surface area contributed by atoms with E-state index >= 15 is 0 Å². The van der Waals surface area contributed by atoms with Gasteiger partial charge in [0.15, 0.2) is 4.96 Å². The normalized spacial score (nSPS) is 18.8. The summed E-state index contributed by atoms with van der Waals surface area (Å²) >= 11 is 1.71. The Hall–Kier alpha value is -1.72. The second-order valence-electron chi connectivity index (χ2n) is 7.80. The highest BCUT2D eigenvalue weighted by Gasteiger charge is 2.37. The van der Waals surface area contributed by atoms with E-state index in [2.05, 4.69) is 33.0 Å².